The summed E-state index contributed by atoms with van der Waals surface area (Å²) in [7, 11) is 0. The molecule has 0 N–H and O–H groups in total. The summed E-state index contributed by atoms with van der Waals surface area (Å²) in [4.78, 5) is 3.15. The molecule has 0 nitrogen and oxygen atoms in total. The van der Waals surface area contributed by atoms with Gasteiger partial charge >= 0.3 is 0 Å². The molecule has 0 aromatic heterocycles. The molecule has 288 valence electrons. The molecule has 0 aliphatic heterocycles. The first kappa shape index (κ1) is 46.9. The second-order valence-corrected chi connectivity index (χ2v) is 17.8. The molecule has 0 radical (unpaired) electrons. The van der Waals surface area contributed by atoms with Crippen LogP contribution in [0.15, 0.2) is 28.0 Å². The van der Waals surface area contributed by atoms with E-state index in [2.05, 4.69) is 62.5 Å². The second-order valence-electron chi connectivity index (χ2n) is 15.5. The third-order valence-electron chi connectivity index (χ3n) is 10.6. The van der Waals surface area contributed by atoms with Gasteiger partial charge in [0.25, 0.3) is 0 Å². The van der Waals surface area contributed by atoms with Gasteiger partial charge in [0.15, 0.2) is 0 Å². The smallest absolute Gasteiger partial charge is 0.0115 e. The predicted octanol–water partition coefficient (Wildman–Crippen LogP) is 18.1. The van der Waals surface area contributed by atoms with Crippen molar-refractivity contribution in [2.75, 3.05) is 11.5 Å². The van der Waals surface area contributed by atoms with Crippen LogP contribution in [0, 0.1) is 0 Å². The van der Waals surface area contributed by atoms with Crippen LogP contribution < -0.4 is 0 Å². The van der Waals surface area contributed by atoms with Gasteiger partial charge in [-0.2, -0.15) is 0 Å². The molecule has 0 atom stereocenters. The standard InChI is InChI=1S/C47H88S2/c1-4-7-9-11-13-15-17-19-21-23-25-27-29-31-33-35-37-43-48-46-41-39-42-47(45(46)40-6-3)49-44-38-36-34-32-30-28-26-24-22-20-18-16-14-12-10-8-5-2/h39,41-42H,4-38,40,43-44H2,1-3H3. The quantitative estimate of drug-likeness (QED) is 0.0490. The van der Waals surface area contributed by atoms with E-state index < -0.39 is 0 Å². The summed E-state index contributed by atoms with van der Waals surface area (Å²) in [5.41, 5.74) is 1.65. The topological polar surface area (TPSA) is 0 Å². The van der Waals surface area contributed by atoms with Crippen molar-refractivity contribution < 1.29 is 0 Å². The lowest BCUT2D eigenvalue weighted by Crippen LogP contribution is -1.94. The molecule has 0 bridgehead atoms. The summed E-state index contributed by atoms with van der Waals surface area (Å²) < 4.78 is 0. The third-order valence-corrected chi connectivity index (χ3v) is 13.0. The van der Waals surface area contributed by atoms with E-state index in [9.17, 15) is 0 Å². The average molecular weight is 717 g/mol. The van der Waals surface area contributed by atoms with Crippen molar-refractivity contribution in [2.45, 2.75) is 262 Å². The molecule has 1 aromatic carbocycles. The number of thioether (sulfide) groups is 2. The number of benzene rings is 1. The van der Waals surface area contributed by atoms with Crippen molar-refractivity contribution in [3.05, 3.63) is 23.8 Å². The van der Waals surface area contributed by atoms with Crippen LogP contribution in [0.2, 0.25) is 0 Å². The Morgan fingerprint density at radius 3 is 0.796 bits per heavy atom. The molecule has 0 spiro atoms. The lowest BCUT2D eigenvalue weighted by Gasteiger charge is -2.14. The Balaban J connectivity index is 1.99. The fraction of sp³-hybridized carbons (Fsp3) is 0.872. The normalized spacial score (nSPS) is 11.6. The SMILES string of the molecule is CCCCCCCCCCCCCCCCCCCSc1cccc(SCCCCCCCCCCCCCCCCCCC)c1CCC. The fourth-order valence-electron chi connectivity index (χ4n) is 7.33. The Morgan fingerprint density at radius 2 is 0.551 bits per heavy atom. The molecule has 1 rings (SSSR count). The van der Waals surface area contributed by atoms with Crippen LogP contribution in [-0.2, 0) is 6.42 Å². The van der Waals surface area contributed by atoms with Gasteiger partial charge in [-0.3, -0.25) is 0 Å². The van der Waals surface area contributed by atoms with E-state index in [4.69, 9.17) is 0 Å². The van der Waals surface area contributed by atoms with Crippen LogP contribution in [0.1, 0.15) is 251 Å². The molecule has 49 heavy (non-hydrogen) atoms. The molecule has 0 unspecified atom stereocenters. The van der Waals surface area contributed by atoms with Gasteiger partial charge in [0.05, 0.1) is 0 Å². The van der Waals surface area contributed by atoms with E-state index in [0.717, 1.165) is 0 Å². The molecule has 0 saturated carbocycles. The fourth-order valence-corrected chi connectivity index (χ4v) is 9.65. The van der Waals surface area contributed by atoms with Gasteiger partial charge in [0, 0.05) is 9.79 Å². The molecule has 0 saturated heterocycles. The maximum atomic E-state index is 2.41. The van der Waals surface area contributed by atoms with E-state index in [0.29, 0.717) is 0 Å². The Bertz CT molecular complexity index is 715. The molecule has 0 amide bonds. The maximum Gasteiger partial charge on any atom is 0.0115 e. The molecule has 2 heteroatoms. The first-order valence-electron chi connectivity index (χ1n) is 22.7. The Morgan fingerprint density at radius 1 is 0.306 bits per heavy atom. The molecule has 0 aliphatic rings. The monoisotopic (exact) mass is 717 g/mol. The molecule has 1 aromatic rings. The summed E-state index contributed by atoms with van der Waals surface area (Å²) in [5.74, 6) is 2.59. The van der Waals surface area contributed by atoms with Crippen LogP contribution in [-0.4, -0.2) is 11.5 Å². The van der Waals surface area contributed by atoms with Crippen molar-refractivity contribution in [3.8, 4) is 0 Å². The van der Waals surface area contributed by atoms with Gasteiger partial charge in [0.2, 0.25) is 0 Å². The zero-order valence-corrected chi connectivity index (χ0v) is 35.6. The van der Waals surface area contributed by atoms with Crippen LogP contribution >= 0.6 is 23.5 Å². The van der Waals surface area contributed by atoms with E-state index >= 15 is 0 Å². The van der Waals surface area contributed by atoms with Crippen molar-refractivity contribution in [2.24, 2.45) is 0 Å². The van der Waals surface area contributed by atoms with Crippen LogP contribution in [0.5, 0.6) is 0 Å². The summed E-state index contributed by atoms with van der Waals surface area (Å²) in [6.07, 6.45) is 51.9. The van der Waals surface area contributed by atoms with E-state index in [1.807, 2.05) is 0 Å². The van der Waals surface area contributed by atoms with Crippen molar-refractivity contribution >= 4 is 23.5 Å². The van der Waals surface area contributed by atoms with Crippen LogP contribution in [0.4, 0.5) is 0 Å². The van der Waals surface area contributed by atoms with Crippen molar-refractivity contribution in [3.63, 3.8) is 0 Å². The molecule has 0 heterocycles. The maximum absolute atomic E-state index is 2.41. The number of hydrogen-bond acceptors (Lipinski definition) is 2. The zero-order valence-electron chi connectivity index (χ0n) is 33.9. The second kappa shape index (κ2) is 39.1. The molecular formula is C47H88S2. The van der Waals surface area contributed by atoms with E-state index in [1.165, 1.54) is 243 Å². The highest BCUT2D eigenvalue weighted by molar-refractivity contribution is 8.00. The van der Waals surface area contributed by atoms with Gasteiger partial charge in [0.1, 0.15) is 0 Å². The van der Waals surface area contributed by atoms with Gasteiger partial charge < -0.3 is 0 Å². The van der Waals surface area contributed by atoms with E-state index in [-0.39, 0.29) is 0 Å². The highest BCUT2D eigenvalue weighted by atomic mass is 32.2. The van der Waals surface area contributed by atoms with Gasteiger partial charge in [-0.15, -0.1) is 23.5 Å². The minimum atomic E-state index is 1.24. The highest BCUT2D eigenvalue weighted by Crippen LogP contribution is 2.34. The number of hydrogen-bond donors (Lipinski definition) is 0. The van der Waals surface area contributed by atoms with Crippen LogP contribution in [0.25, 0.3) is 0 Å². The Labute approximate surface area is 319 Å². The lowest BCUT2D eigenvalue weighted by molar-refractivity contribution is 0.529. The summed E-state index contributed by atoms with van der Waals surface area (Å²) in [6.45, 7) is 6.97. The Kier molecular flexibility index (Phi) is 37.5. The molecule has 0 fully saturated rings. The largest absolute Gasteiger partial charge is 0.126 e. The van der Waals surface area contributed by atoms with Gasteiger partial charge in [-0.05, 0) is 48.5 Å². The predicted molar refractivity (Wildman–Crippen MR) is 230 cm³/mol. The summed E-state index contributed by atoms with van der Waals surface area (Å²) in [6, 6.07) is 7.14. The highest BCUT2D eigenvalue weighted by Gasteiger charge is 2.09. The van der Waals surface area contributed by atoms with Crippen molar-refractivity contribution in [1.29, 1.82) is 0 Å². The molecule has 0 aliphatic carbocycles. The third kappa shape index (κ3) is 31.2. The average Bonchev–Trinajstić information content (AvgIpc) is 3.11. The minimum absolute atomic E-state index is 1.24. The minimum Gasteiger partial charge on any atom is -0.126 e. The lowest BCUT2D eigenvalue weighted by atomic mass is 10.0. The number of unbranched alkanes of at least 4 members (excludes halogenated alkanes) is 32. The van der Waals surface area contributed by atoms with Gasteiger partial charge in [-0.25, -0.2) is 0 Å². The summed E-state index contributed by atoms with van der Waals surface area (Å²) in [5, 5.41) is 0. The summed E-state index contributed by atoms with van der Waals surface area (Å²) >= 11 is 4.28. The van der Waals surface area contributed by atoms with Crippen LogP contribution in [0.3, 0.4) is 0 Å². The first-order valence-corrected chi connectivity index (χ1v) is 24.7. The zero-order chi connectivity index (χ0) is 35.1. The van der Waals surface area contributed by atoms with Gasteiger partial charge in [-0.1, -0.05) is 239 Å². The number of rotatable bonds is 40. The Hall–Kier alpha value is -0.0800. The molecular weight excluding hydrogens is 629 g/mol. The van der Waals surface area contributed by atoms with Crippen molar-refractivity contribution in [1.82, 2.24) is 0 Å². The van der Waals surface area contributed by atoms with E-state index in [1.54, 1.807) is 15.4 Å². The first-order chi connectivity index (χ1) is 24.3.